The average Bonchev–Trinajstić information content (AvgIpc) is 3.01. The van der Waals surface area contributed by atoms with Crippen molar-refractivity contribution in [1.29, 1.82) is 0 Å². The molecule has 0 saturated carbocycles. The number of amides is 2. The van der Waals surface area contributed by atoms with Gasteiger partial charge in [0.25, 0.3) is 5.91 Å². The van der Waals surface area contributed by atoms with Crippen LogP contribution in [0.5, 0.6) is 0 Å². The number of likely N-dealkylation sites (tertiary alicyclic amines) is 1. The van der Waals surface area contributed by atoms with Crippen LogP contribution < -0.4 is 5.32 Å². The van der Waals surface area contributed by atoms with E-state index in [9.17, 15) is 9.59 Å². The monoisotopic (exact) mass is 425 g/mol. The minimum atomic E-state index is -0.154. The molecule has 6 nitrogen and oxygen atoms in total. The van der Waals surface area contributed by atoms with Gasteiger partial charge in [-0.3, -0.25) is 9.59 Å². The summed E-state index contributed by atoms with van der Waals surface area (Å²) in [4.78, 5) is 26.7. The summed E-state index contributed by atoms with van der Waals surface area (Å²) in [5.74, 6) is 0.695. The van der Waals surface area contributed by atoms with Gasteiger partial charge in [-0.25, -0.2) is 0 Å². The molecule has 1 aliphatic heterocycles. The zero-order chi connectivity index (χ0) is 18.0. The van der Waals surface area contributed by atoms with Gasteiger partial charge in [-0.05, 0) is 38.0 Å². The number of aromatic nitrogens is 1. The highest BCUT2D eigenvalue weighted by molar-refractivity contribution is 9.10. The number of anilines is 1. The molecule has 3 rings (SSSR count). The van der Waals surface area contributed by atoms with E-state index < -0.39 is 0 Å². The van der Waals surface area contributed by atoms with Crippen molar-refractivity contribution in [3.05, 3.63) is 45.1 Å². The van der Waals surface area contributed by atoms with Crippen LogP contribution in [0.4, 0.5) is 5.82 Å². The summed E-state index contributed by atoms with van der Waals surface area (Å²) in [5, 5.41) is 6.94. The van der Waals surface area contributed by atoms with Crippen molar-refractivity contribution in [2.75, 3.05) is 18.4 Å². The number of hydrogen-bond acceptors (Lipinski definition) is 4. The Morgan fingerprint density at radius 3 is 2.68 bits per heavy atom. The predicted octanol–water partition coefficient (Wildman–Crippen LogP) is 3.89. The van der Waals surface area contributed by atoms with E-state index in [1.54, 1.807) is 36.1 Å². The lowest BCUT2D eigenvalue weighted by atomic mass is 9.95. The third-order valence-corrected chi connectivity index (χ3v) is 5.01. The number of piperidine rings is 1. The summed E-state index contributed by atoms with van der Waals surface area (Å²) in [5.41, 5.74) is 0.469. The minimum absolute atomic E-state index is 0.0964. The molecule has 8 heteroatoms. The molecular formula is C17H17BrClN3O3. The molecule has 132 valence electrons. The molecule has 1 N–H and O–H groups in total. The number of carbonyl (C=O) groups is 2. The second kappa shape index (κ2) is 7.58. The molecule has 2 aromatic rings. The lowest BCUT2D eigenvalue weighted by Gasteiger charge is -2.31. The van der Waals surface area contributed by atoms with Crippen LogP contribution in [0.2, 0.25) is 5.02 Å². The van der Waals surface area contributed by atoms with Crippen molar-refractivity contribution in [3.8, 4) is 0 Å². The van der Waals surface area contributed by atoms with Crippen LogP contribution in [0.3, 0.4) is 0 Å². The largest absolute Gasteiger partial charge is 0.360 e. The van der Waals surface area contributed by atoms with Crippen molar-refractivity contribution in [2.24, 2.45) is 5.92 Å². The molecule has 1 saturated heterocycles. The molecule has 1 aromatic heterocycles. The lowest BCUT2D eigenvalue weighted by Crippen LogP contribution is -2.41. The van der Waals surface area contributed by atoms with Gasteiger partial charge in [0.2, 0.25) is 5.91 Å². The Bertz CT molecular complexity index is 800. The van der Waals surface area contributed by atoms with Crippen LogP contribution in [0.25, 0.3) is 0 Å². The van der Waals surface area contributed by atoms with Gasteiger partial charge < -0.3 is 14.7 Å². The summed E-state index contributed by atoms with van der Waals surface area (Å²) in [6.45, 7) is 2.79. The molecule has 0 aliphatic carbocycles. The van der Waals surface area contributed by atoms with E-state index in [2.05, 4.69) is 26.4 Å². The third-order valence-electron chi connectivity index (χ3n) is 4.19. The quantitative estimate of drug-likeness (QED) is 0.808. The Balaban J connectivity index is 1.58. The maximum Gasteiger partial charge on any atom is 0.255 e. The molecule has 0 atom stereocenters. The molecule has 1 aliphatic rings. The number of halogens is 2. The number of nitrogens with zero attached hydrogens (tertiary/aromatic N) is 2. The Labute approximate surface area is 158 Å². The maximum atomic E-state index is 12.6. The van der Waals surface area contributed by atoms with E-state index in [0.29, 0.717) is 48.1 Å². The van der Waals surface area contributed by atoms with Crippen molar-refractivity contribution in [2.45, 2.75) is 19.8 Å². The Morgan fingerprint density at radius 1 is 1.32 bits per heavy atom. The van der Waals surface area contributed by atoms with Crippen molar-refractivity contribution in [1.82, 2.24) is 10.1 Å². The molecule has 1 fully saturated rings. The number of aryl methyl sites for hydroxylation is 1. The summed E-state index contributed by atoms with van der Waals surface area (Å²) in [6, 6.07) is 6.88. The fraction of sp³-hybridized carbons (Fsp3) is 0.353. The normalized spacial score (nSPS) is 15.2. The number of hydrogen-bond donors (Lipinski definition) is 1. The van der Waals surface area contributed by atoms with Gasteiger partial charge in [0.05, 0.1) is 10.6 Å². The van der Waals surface area contributed by atoms with Gasteiger partial charge >= 0.3 is 0 Å². The molecule has 25 heavy (non-hydrogen) atoms. The van der Waals surface area contributed by atoms with Crippen LogP contribution in [0, 0.1) is 12.8 Å². The van der Waals surface area contributed by atoms with E-state index in [1.807, 2.05) is 0 Å². The lowest BCUT2D eigenvalue weighted by molar-refractivity contribution is -0.121. The Hall–Kier alpha value is -1.86. The zero-order valence-electron chi connectivity index (χ0n) is 13.6. The molecule has 2 heterocycles. The minimum Gasteiger partial charge on any atom is -0.360 e. The highest BCUT2D eigenvalue weighted by Crippen LogP contribution is 2.25. The number of rotatable bonds is 3. The van der Waals surface area contributed by atoms with E-state index in [0.717, 1.165) is 4.47 Å². The second-order valence-electron chi connectivity index (χ2n) is 6.00. The zero-order valence-corrected chi connectivity index (χ0v) is 15.9. The number of nitrogens with one attached hydrogen (secondary N) is 1. The molecule has 0 radical (unpaired) electrons. The standard InChI is InChI=1S/C17H17BrClN3O3/c1-10-8-15(21-25-10)20-16(23)11-4-6-22(7-5-11)17(24)13-9-12(18)2-3-14(13)19/h2-3,8-9,11H,4-7H2,1H3,(H,20,21,23). The highest BCUT2D eigenvalue weighted by atomic mass is 79.9. The first-order chi connectivity index (χ1) is 11.9. The van der Waals surface area contributed by atoms with Crippen molar-refractivity contribution in [3.63, 3.8) is 0 Å². The molecule has 0 bridgehead atoms. The molecule has 1 aromatic carbocycles. The summed E-state index contributed by atoms with van der Waals surface area (Å²) >= 11 is 9.49. The van der Waals surface area contributed by atoms with E-state index >= 15 is 0 Å². The first-order valence-corrected chi connectivity index (χ1v) is 9.09. The molecular weight excluding hydrogens is 410 g/mol. The predicted molar refractivity (Wildman–Crippen MR) is 97.6 cm³/mol. The van der Waals surface area contributed by atoms with E-state index in [1.165, 1.54) is 0 Å². The molecule has 2 amide bonds. The second-order valence-corrected chi connectivity index (χ2v) is 7.33. The van der Waals surface area contributed by atoms with Gasteiger partial charge in [-0.1, -0.05) is 32.7 Å². The Kier molecular flexibility index (Phi) is 5.44. The topological polar surface area (TPSA) is 75.4 Å². The Morgan fingerprint density at radius 2 is 2.04 bits per heavy atom. The smallest absolute Gasteiger partial charge is 0.255 e. The summed E-state index contributed by atoms with van der Waals surface area (Å²) in [6.07, 6.45) is 1.19. The third kappa shape index (κ3) is 4.22. The van der Waals surface area contributed by atoms with Crippen molar-refractivity contribution >= 4 is 45.2 Å². The molecule has 0 spiro atoms. The SMILES string of the molecule is Cc1cc(NC(=O)C2CCN(C(=O)c3cc(Br)ccc3Cl)CC2)no1. The van der Waals surface area contributed by atoms with Gasteiger partial charge in [0.15, 0.2) is 5.82 Å². The highest BCUT2D eigenvalue weighted by Gasteiger charge is 2.29. The van der Waals surface area contributed by atoms with Gasteiger partial charge in [-0.2, -0.15) is 0 Å². The average molecular weight is 427 g/mol. The van der Waals surface area contributed by atoms with Crippen LogP contribution in [-0.2, 0) is 4.79 Å². The van der Waals surface area contributed by atoms with Gasteiger partial charge in [-0.15, -0.1) is 0 Å². The van der Waals surface area contributed by atoms with Gasteiger partial charge in [0, 0.05) is 29.5 Å². The molecule has 0 unspecified atom stereocenters. The van der Waals surface area contributed by atoms with Crippen LogP contribution in [-0.4, -0.2) is 35.0 Å². The fourth-order valence-electron chi connectivity index (χ4n) is 2.83. The number of benzene rings is 1. The first-order valence-electron chi connectivity index (χ1n) is 7.92. The van der Waals surface area contributed by atoms with E-state index in [-0.39, 0.29) is 17.7 Å². The van der Waals surface area contributed by atoms with Crippen molar-refractivity contribution < 1.29 is 14.1 Å². The van der Waals surface area contributed by atoms with Gasteiger partial charge in [0.1, 0.15) is 5.76 Å². The van der Waals surface area contributed by atoms with E-state index in [4.69, 9.17) is 16.1 Å². The maximum absolute atomic E-state index is 12.6. The van der Waals surface area contributed by atoms with Crippen LogP contribution in [0.1, 0.15) is 29.0 Å². The fourth-order valence-corrected chi connectivity index (χ4v) is 3.39. The van der Waals surface area contributed by atoms with Crippen LogP contribution >= 0.6 is 27.5 Å². The number of carbonyl (C=O) groups excluding carboxylic acids is 2. The van der Waals surface area contributed by atoms with Crippen LogP contribution in [0.15, 0.2) is 33.3 Å². The first kappa shape index (κ1) is 17.9. The summed E-state index contributed by atoms with van der Waals surface area (Å²) < 4.78 is 5.74. The summed E-state index contributed by atoms with van der Waals surface area (Å²) in [7, 11) is 0.